The lowest BCUT2D eigenvalue weighted by Gasteiger charge is -2.11. The Morgan fingerprint density at radius 3 is 2.55 bits per heavy atom. The molecule has 0 fully saturated rings. The number of nitrogens with one attached hydrogen (secondary N) is 2. The van der Waals surface area contributed by atoms with Gasteiger partial charge in [0.2, 0.25) is 0 Å². The average Bonchev–Trinajstić information content (AvgIpc) is 2.80. The second kappa shape index (κ2) is 4.96. The number of nitrogens with zero attached hydrogens (tertiary/aromatic N) is 2. The van der Waals surface area contributed by atoms with Crippen LogP contribution in [0.2, 0.25) is 0 Å². The first-order valence-electron chi connectivity index (χ1n) is 6.83. The van der Waals surface area contributed by atoms with Crippen LogP contribution in [0.4, 0.5) is 5.82 Å². The van der Waals surface area contributed by atoms with E-state index in [0.717, 1.165) is 33.9 Å². The van der Waals surface area contributed by atoms with Crippen molar-refractivity contribution >= 4 is 16.9 Å². The van der Waals surface area contributed by atoms with Crippen molar-refractivity contribution in [3.63, 3.8) is 0 Å². The number of anilines is 1. The second-order valence-corrected chi connectivity index (χ2v) is 5.28. The summed E-state index contributed by atoms with van der Waals surface area (Å²) < 4.78 is 0. The van der Waals surface area contributed by atoms with Crippen molar-refractivity contribution in [1.82, 2.24) is 15.0 Å². The van der Waals surface area contributed by atoms with Gasteiger partial charge in [0, 0.05) is 17.3 Å². The minimum atomic E-state index is 0.326. The van der Waals surface area contributed by atoms with Crippen LogP contribution in [-0.2, 0) is 0 Å². The number of aryl methyl sites for hydroxylation is 1. The summed E-state index contributed by atoms with van der Waals surface area (Å²) in [5.41, 5.74) is 2.99. The van der Waals surface area contributed by atoms with E-state index in [1.165, 1.54) is 0 Å². The fourth-order valence-corrected chi connectivity index (χ4v) is 2.24. The molecule has 0 saturated carbocycles. The number of fused-ring (bicyclic) bond motifs is 1. The highest BCUT2D eigenvalue weighted by Gasteiger charge is 2.11. The highest BCUT2D eigenvalue weighted by atomic mass is 15.1. The molecule has 0 aliphatic carbocycles. The Kier molecular flexibility index (Phi) is 3.14. The molecule has 0 unspecified atom stereocenters. The Morgan fingerprint density at radius 2 is 1.85 bits per heavy atom. The largest absolute Gasteiger partial charge is 0.367 e. The molecule has 1 aromatic carbocycles. The number of aromatic nitrogens is 3. The van der Waals surface area contributed by atoms with E-state index in [9.17, 15) is 0 Å². The van der Waals surface area contributed by atoms with E-state index >= 15 is 0 Å². The van der Waals surface area contributed by atoms with E-state index in [1.54, 1.807) is 0 Å². The molecule has 0 spiro atoms. The maximum absolute atomic E-state index is 4.68. The summed E-state index contributed by atoms with van der Waals surface area (Å²) in [5, 5.41) is 4.44. The minimum Gasteiger partial charge on any atom is -0.367 e. The monoisotopic (exact) mass is 266 g/mol. The molecule has 0 bridgehead atoms. The molecule has 0 amide bonds. The predicted molar refractivity (Wildman–Crippen MR) is 82.8 cm³/mol. The molecule has 0 radical (unpaired) electrons. The summed E-state index contributed by atoms with van der Waals surface area (Å²) in [4.78, 5) is 12.6. The van der Waals surface area contributed by atoms with Crippen LogP contribution in [0.25, 0.3) is 22.4 Å². The zero-order valence-electron chi connectivity index (χ0n) is 11.9. The lowest BCUT2D eigenvalue weighted by atomic mass is 10.2. The van der Waals surface area contributed by atoms with E-state index in [-0.39, 0.29) is 0 Å². The summed E-state index contributed by atoms with van der Waals surface area (Å²) in [5.74, 6) is 1.62. The Hall–Kier alpha value is -2.36. The zero-order chi connectivity index (χ0) is 14.1. The average molecular weight is 266 g/mol. The topological polar surface area (TPSA) is 53.6 Å². The van der Waals surface area contributed by atoms with Gasteiger partial charge in [-0.05, 0) is 26.8 Å². The number of rotatable bonds is 3. The van der Waals surface area contributed by atoms with Crippen LogP contribution in [0.15, 0.2) is 36.4 Å². The molecule has 0 atom stereocenters. The third kappa shape index (κ3) is 2.37. The van der Waals surface area contributed by atoms with Gasteiger partial charge in [-0.2, -0.15) is 0 Å². The minimum absolute atomic E-state index is 0.326. The van der Waals surface area contributed by atoms with Crippen molar-refractivity contribution < 1.29 is 0 Å². The zero-order valence-corrected chi connectivity index (χ0v) is 11.9. The lowest BCUT2D eigenvalue weighted by molar-refractivity contribution is 0.891. The van der Waals surface area contributed by atoms with E-state index < -0.39 is 0 Å². The summed E-state index contributed by atoms with van der Waals surface area (Å²) in [6.45, 7) is 6.24. The third-order valence-corrected chi connectivity index (χ3v) is 3.08. The molecule has 3 rings (SSSR count). The van der Waals surface area contributed by atoms with Gasteiger partial charge in [-0.3, -0.25) is 0 Å². The van der Waals surface area contributed by atoms with Gasteiger partial charge in [-0.25, -0.2) is 9.97 Å². The second-order valence-electron chi connectivity index (χ2n) is 5.28. The predicted octanol–water partition coefficient (Wildman–Crippen LogP) is 3.75. The fourth-order valence-electron chi connectivity index (χ4n) is 2.24. The highest BCUT2D eigenvalue weighted by molar-refractivity contribution is 5.89. The van der Waals surface area contributed by atoms with Crippen molar-refractivity contribution in [1.29, 1.82) is 0 Å². The molecule has 0 saturated heterocycles. The van der Waals surface area contributed by atoms with E-state index in [0.29, 0.717) is 6.04 Å². The molecule has 2 aromatic heterocycles. The Labute approximate surface area is 118 Å². The summed E-state index contributed by atoms with van der Waals surface area (Å²) >= 11 is 0. The lowest BCUT2D eigenvalue weighted by Crippen LogP contribution is -2.12. The molecule has 4 heteroatoms. The molecule has 0 aliphatic heterocycles. The Morgan fingerprint density at radius 1 is 1.10 bits per heavy atom. The summed E-state index contributed by atoms with van der Waals surface area (Å²) in [6.07, 6.45) is 0. The maximum atomic E-state index is 4.68. The van der Waals surface area contributed by atoms with Crippen LogP contribution < -0.4 is 5.32 Å². The van der Waals surface area contributed by atoms with Crippen LogP contribution in [-0.4, -0.2) is 21.0 Å². The fraction of sp³-hybridized carbons (Fsp3) is 0.250. The van der Waals surface area contributed by atoms with Crippen molar-refractivity contribution in [2.45, 2.75) is 26.8 Å². The van der Waals surface area contributed by atoms with Crippen molar-refractivity contribution in [3.05, 3.63) is 42.1 Å². The standard InChI is InChI=1S/C16H18N4/c1-10(2)17-15-13-9-11(3)18-16(13)20-14(19-15)12-7-5-4-6-8-12/h4-10H,1-3H3,(H2,17,18,19,20). The van der Waals surface area contributed by atoms with Crippen LogP contribution in [0.3, 0.4) is 0 Å². The van der Waals surface area contributed by atoms with Crippen LogP contribution >= 0.6 is 0 Å². The quantitative estimate of drug-likeness (QED) is 0.759. The first kappa shape index (κ1) is 12.7. The van der Waals surface area contributed by atoms with Crippen LogP contribution in [0, 0.1) is 6.92 Å². The smallest absolute Gasteiger partial charge is 0.163 e. The summed E-state index contributed by atoms with van der Waals surface area (Å²) in [6, 6.07) is 12.4. The van der Waals surface area contributed by atoms with Crippen LogP contribution in [0.5, 0.6) is 0 Å². The Balaban J connectivity index is 2.19. The third-order valence-electron chi connectivity index (χ3n) is 3.08. The maximum Gasteiger partial charge on any atom is 0.163 e. The van der Waals surface area contributed by atoms with Crippen LogP contribution in [0.1, 0.15) is 19.5 Å². The number of hydrogen-bond acceptors (Lipinski definition) is 3. The number of hydrogen-bond donors (Lipinski definition) is 2. The van der Waals surface area contributed by atoms with Gasteiger partial charge in [0.15, 0.2) is 5.82 Å². The first-order valence-corrected chi connectivity index (χ1v) is 6.83. The van der Waals surface area contributed by atoms with Crippen molar-refractivity contribution in [2.75, 3.05) is 5.32 Å². The van der Waals surface area contributed by atoms with Crippen molar-refractivity contribution in [3.8, 4) is 11.4 Å². The molecule has 0 aliphatic rings. The van der Waals surface area contributed by atoms with Gasteiger partial charge in [-0.1, -0.05) is 30.3 Å². The Bertz CT molecular complexity index is 729. The normalized spacial score (nSPS) is 11.2. The summed E-state index contributed by atoms with van der Waals surface area (Å²) in [7, 11) is 0. The van der Waals surface area contributed by atoms with Crippen molar-refractivity contribution in [2.24, 2.45) is 0 Å². The first-order chi connectivity index (χ1) is 9.63. The number of aromatic amines is 1. The molecular weight excluding hydrogens is 248 g/mol. The number of H-pyrrole nitrogens is 1. The van der Waals surface area contributed by atoms with Gasteiger partial charge >= 0.3 is 0 Å². The highest BCUT2D eigenvalue weighted by Crippen LogP contribution is 2.25. The molecule has 2 heterocycles. The SMILES string of the molecule is Cc1cc2c(NC(C)C)nc(-c3ccccc3)nc2[nH]1. The molecule has 3 aromatic rings. The number of benzene rings is 1. The van der Waals surface area contributed by atoms with Gasteiger partial charge in [0.1, 0.15) is 11.5 Å². The molecule has 20 heavy (non-hydrogen) atoms. The van der Waals surface area contributed by atoms with E-state index in [1.807, 2.05) is 37.3 Å². The van der Waals surface area contributed by atoms with Gasteiger partial charge in [-0.15, -0.1) is 0 Å². The molecular formula is C16H18N4. The van der Waals surface area contributed by atoms with E-state index in [2.05, 4.69) is 40.2 Å². The van der Waals surface area contributed by atoms with Gasteiger partial charge in [0.25, 0.3) is 0 Å². The van der Waals surface area contributed by atoms with E-state index in [4.69, 9.17) is 0 Å². The van der Waals surface area contributed by atoms with Gasteiger partial charge < -0.3 is 10.3 Å². The van der Waals surface area contributed by atoms with Gasteiger partial charge in [0.05, 0.1) is 5.39 Å². The molecule has 4 nitrogen and oxygen atoms in total. The molecule has 2 N–H and O–H groups in total. The molecule has 102 valence electrons.